The molecule has 0 amide bonds. The molecular formula is C7H6BBrPS. The molecule has 0 saturated heterocycles. The molecule has 0 aromatic heterocycles. The summed E-state index contributed by atoms with van der Waals surface area (Å²) >= 11 is 8.19. The molecule has 0 aliphatic heterocycles. The highest BCUT2D eigenvalue weighted by Gasteiger charge is 1.92. The van der Waals surface area contributed by atoms with Crippen molar-refractivity contribution >= 4 is 47.4 Å². The molecule has 0 heterocycles. The number of halogens is 1. The predicted molar refractivity (Wildman–Crippen MR) is 58.7 cm³/mol. The van der Waals surface area contributed by atoms with Gasteiger partial charge in [0, 0.05) is 5.33 Å². The molecule has 0 nitrogen and oxygen atoms in total. The molecule has 1 rings (SSSR count). The lowest BCUT2D eigenvalue weighted by Gasteiger charge is -1.96. The molecule has 0 spiro atoms. The normalized spacial score (nSPS) is 9.91. The van der Waals surface area contributed by atoms with Crippen molar-refractivity contribution in [3.05, 3.63) is 29.8 Å². The zero-order chi connectivity index (χ0) is 8.10. The van der Waals surface area contributed by atoms with Crippen LogP contribution >= 0.6 is 23.2 Å². The first-order valence-electron chi connectivity index (χ1n) is 3.17. The Morgan fingerprint density at radius 1 is 1.36 bits per heavy atom. The summed E-state index contributed by atoms with van der Waals surface area (Å²) in [4.78, 5) is 0. The van der Waals surface area contributed by atoms with Crippen LogP contribution in [0, 0.1) is 0 Å². The van der Waals surface area contributed by atoms with Gasteiger partial charge in [-0.25, -0.2) is 0 Å². The van der Waals surface area contributed by atoms with Crippen molar-refractivity contribution in [3.63, 3.8) is 0 Å². The number of hydrogen-bond donors (Lipinski definition) is 0. The number of rotatable bonds is 3. The fourth-order valence-electron chi connectivity index (χ4n) is 0.754. The van der Waals surface area contributed by atoms with Crippen LogP contribution in [0.1, 0.15) is 5.56 Å². The Morgan fingerprint density at radius 2 is 2.00 bits per heavy atom. The second-order valence-corrected chi connectivity index (χ2v) is 3.77. The van der Waals surface area contributed by atoms with Crippen molar-refractivity contribution in [1.29, 1.82) is 0 Å². The van der Waals surface area contributed by atoms with Gasteiger partial charge in [0.2, 0.25) is 7.00 Å². The third-order valence-corrected chi connectivity index (χ3v) is 2.70. The minimum Gasteiger partial charge on any atom is -0.0876 e. The van der Waals surface area contributed by atoms with E-state index in [4.69, 9.17) is 11.8 Å². The molecule has 0 N–H and O–H groups in total. The summed E-state index contributed by atoms with van der Waals surface area (Å²) in [5.41, 5.74) is 2.49. The van der Waals surface area contributed by atoms with Gasteiger partial charge in [-0.3, -0.25) is 0 Å². The Balaban J connectivity index is 2.74. The Morgan fingerprint density at radius 3 is 2.45 bits per heavy atom. The van der Waals surface area contributed by atoms with Crippen molar-refractivity contribution in [3.8, 4) is 0 Å². The summed E-state index contributed by atoms with van der Waals surface area (Å²) < 4.78 is 0. The maximum atomic E-state index is 4.80. The quantitative estimate of drug-likeness (QED) is 0.446. The Kier molecular flexibility index (Phi) is 4.28. The van der Waals surface area contributed by atoms with Crippen LogP contribution in [0.25, 0.3) is 0 Å². The van der Waals surface area contributed by atoms with Crippen molar-refractivity contribution < 1.29 is 0 Å². The maximum Gasteiger partial charge on any atom is 0.236 e. The maximum absolute atomic E-state index is 4.80. The van der Waals surface area contributed by atoms with Crippen LogP contribution in [0.3, 0.4) is 0 Å². The van der Waals surface area contributed by atoms with Gasteiger partial charge in [0.15, 0.2) is 0 Å². The number of hydrogen-bond acceptors (Lipinski definition) is 1. The summed E-state index contributed by atoms with van der Waals surface area (Å²) in [5.74, 6) is 0. The van der Waals surface area contributed by atoms with E-state index in [1.54, 1.807) is 0 Å². The lowest BCUT2D eigenvalue weighted by atomic mass is 9.94. The van der Waals surface area contributed by atoms with E-state index in [0.717, 1.165) is 12.6 Å². The van der Waals surface area contributed by atoms with Crippen LogP contribution in [0.5, 0.6) is 0 Å². The van der Waals surface area contributed by atoms with E-state index >= 15 is 0 Å². The van der Waals surface area contributed by atoms with E-state index < -0.39 is 0 Å². The zero-order valence-corrected chi connectivity index (χ0v) is 9.12. The van der Waals surface area contributed by atoms with Crippen LogP contribution in [0.4, 0.5) is 0 Å². The second kappa shape index (κ2) is 5.02. The van der Waals surface area contributed by atoms with Crippen molar-refractivity contribution in [2.24, 2.45) is 0 Å². The molecule has 11 heavy (non-hydrogen) atoms. The van der Waals surface area contributed by atoms with E-state index in [-0.39, 0.29) is 0 Å². The van der Waals surface area contributed by atoms with E-state index in [1.165, 1.54) is 11.0 Å². The van der Waals surface area contributed by atoms with Crippen LogP contribution < -0.4 is 5.46 Å². The van der Waals surface area contributed by atoms with Gasteiger partial charge < -0.3 is 0 Å². The average molecular weight is 244 g/mol. The molecule has 0 aliphatic carbocycles. The summed E-state index contributed by atoms with van der Waals surface area (Å²) in [7, 11) is 0.897. The highest BCUT2D eigenvalue weighted by molar-refractivity contribution is 9.08. The molecule has 1 radical (unpaired) electrons. The average Bonchev–Trinajstić information content (AvgIpc) is 2.07. The monoisotopic (exact) mass is 243 g/mol. The fourth-order valence-corrected chi connectivity index (χ4v) is 1.79. The fraction of sp³-hybridized carbons (Fsp3) is 0.143. The minimum absolute atomic E-state index is 0.897. The SMILES string of the molecule is S=P[B]c1ccc(CBr)cc1. The highest BCUT2D eigenvalue weighted by atomic mass is 79.9. The zero-order valence-electron chi connectivity index (χ0n) is 5.83. The first kappa shape index (κ1) is 9.37. The van der Waals surface area contributed by atoms with Crippen LogP contribution in [0.2, 0.25) is 0 Å². The highest BCUT2D eigenvalue weighted by Crippen LogP contribution is 2.02. The lowest BCUT2D eigenvalue weighted by Crippen LogP contribution is -2.07. The van der Waals surface area contributed by atoms with Gasteiger partial charge in [-0.1, -0.05) is 64.7 Å². The Bertz CT molecular complexity index is 237. The van der Waals surface area contributed by atoms with Gasteiger partial charge in [-0.15, -0.1) is 0 Å². The third-order valence-electron chi connectivity index (χ3n) is 1.34. The molecule has 1 aromatic rings. The summed E-state index contributed by atoms with van der Waals surface area (Å²) in [6.45, 7) is 2.01. The predicted octanol–water partition coefficient (Wildman–Crippen LogP) is 2.23. The molecule has 0 saturated carbocycles. The van der Waals surface area contributed by atoms with Gasteiger partial charge in [-0.05, 0) is 5.56 Å². The first-order valence-corrected chi connectivity index (χ1v) is 6.27. The molecular weight excluding hydrogens is 238 g/mol. The van der Waals surface area contributed by atoms with Crippen LogP contribution in [-0.4, -0.2) is 7.00 Å². The summed E-state index contributed by atoms with van der Waals surface area (Å²) in [5, 5.41) is 0.916. The molecule has 4 heteroatoms. The van der Waals surface area contributed by atoms with Gasteiger partial charge in [0.1, 0.15) is 0 Å². The lowest BCUT2D eigenvalue weighted by molar-refractivity contribution is 1.45. The van der Waals surface area contributed by atoms with Crippen molar-refractivity contribution in [1.82, 2.24) is 0 Å². The topological polar surface area (TPSA) is 0 Å². The molecule has 1 aromatic carbocycles. The first-order chi connectivity index (χ1) is 5.36. The van der Waals surface area contributed by atoms with E-state index in [2.05, 4.69) is 40.2 Å². The smallest absolute Gasteiger partial charge is 0.0876 e. The van der Waals surface area contributed by atoms with Crippen LogP contribution in [0.15, 0.2) is 24.3 Å². The van der Waals surface area contributed by atoms with Gasteiger partial charge in [0.05, 0.1) is 0 Å². The second-order valence-electron chi connectivity index (χ2n) is 2.11. The van der Waals surface area contributed by atoms with Crippen molar-refractivity contribution in [2.45, 2.75) is 5.33 Å². The Hall–Kier alpha value is 0.285. The summed E-state index contributed by atoms with van der Waals surface area (Å²) in [6, 6.07) is 8.36. The van der Waals surface area contributed by atoms with E-state index in [0.29, 0.717) is 0 Å². The molecule has 0 unspecified atom stereocenters. The third kappa shape index (κ3) is 3.02. The number of alkyl halides is 1. The standard InChI is InChI=1S/C7H6BBrPS/c9-5-6-1-3-7(4-2-6)8-10-11/h1-4H,5H2. The van der Waals surface area contributed by atoms with Crippen LogP contribution in [-0.2, 0) is 17.1 Å². The van der Waals surface area contributed by atoms with Crippen molar-refractivity contribution in [2.75, 3.05) is 0 Å². The molecule has 55 valence electrons. The van der Waals surface area contributed by atoms with E-state index in [1.807, 2.05) is 7.00 Å². The number of benzene rings is 1. The minimum atomic E-state index is 0.897. The van der Waals surface area contributed by atoms with Gasteiger partial charge >= 0.3 is 0 Å². The van der Waals surface area contributed by atoms with Gasteiger partial charge in [-0.2, -0.15) is 0 Å². The Labute approximate surface area is 82.6 Å². The molecule has 0 aliphatic rings. The molecule has 0 fully saturated rings. The largest absolute Gasteiger partial charge is 0.236 e. The molecule has 0 bridgehead atoms. The van der Waals surface area contributed by atoms with E-state index in [9.17, 15) is 0 Å². The van der Waals surface area contributed by atoms with Gasteiger partial charge in [0.25, 0.3) is 0 Å². The molecule has 0 atom stereocenters. The summed E-state index contributed by atoms with van der Waals surface area (Å²) in [6.07, 6.45) is 0.